The summed E-state index contributed by atoms with van der Waals surface area (Å²) >= 11 is 0. The van der Waals surface area contributed by atoms with E-state index in [0.29, 0.717) is 0 Å². The fourth-order valence-corrected chi connectivity index (χ4v) is 2.50. The van der Waals surface area contributed by atoms with E-state index >= 15 is 0 Å². The topological polar surface area (TPSA) is 17.1 Å². The molecule has 3 aromatic carbocycles. The van der Waals surface area contributed by atoms with Gasteiger partial charge in [-0.25, -0.2) is 0 Å². The molecule has 0 fully saturated rings. The number of hydrogen-bond acceptors (Lipinski definition) is 1. The Morgan fingerprint density at radius 2 is 1.18 bits per heavy atom. The van der Waals surface area contributed by atoms with Gasteiger partial charge in [-0.2, -0.15) is 0 Å². The number of carbonyl (C=O) groups is 1. The SMILES string of the molecule is CCc1ccc(-c2ccc(C(=O)c3ccccc3)cc2)cc1. The molecule has 22 heavy (non-hydrogen) atoms. The van der Waals surface area contributed by atoms with Crippen molar-refractivity contribution in [3.8, 4) is 11.1 Å². The summed E-state index contributed by atoms with van der Waals surface area (Å²) < 4.78 is 0. The molecule has 0 saturated heterocycles. The van der Waals surface area contributed by atoms with Gasteiger partial charge in [-0.1, -0.05) is 85.8 Å². The Morgan fingerprint density at radius 3 is 1.73 bits per heavy atom. The summed E-state index contributed by atoms with van der Waals surface area (Å²) in [5, 5.41) is 0. The van der Waals surface area contributed by atoms with Crippen LogP contribution < -0.4 is 0 Å². The molecule has 1 nitrogen and oxygen atoms in total. The Hall–Kier alpha value is -2.67. The van der Waals surface area contributed by atoms with Crippen LogP contribution in [0.1, 0.15) is 28.4 Å². The first kappa shape index (κ1) is 14.3. The third-order valence-electron chi connectivity index (χ3n) is 3.88. The summed E-state index contributed by atoms with van der Waals surface area (Å²) in [6.45, 7) is 2.15. The maximum absolute atomic E-state index is 12.4. The second kappa shape index (κ2) is 6.40. The van der Waals surface area contributed by atoms with E-state index in [1.807, 2.05) is 54.6 Å². The first-order valence-electron chi connectivity index (χ1n) is 7.57. The van der Waals surface area contributed by atoms with Gasteiger partial charge in [-0.15, -0.1) is 0 Å². The molecule has 3 aromatic rings. The summed E-state index contributed by atoms with van der Waals surface area (Å²) in [4.78, 5) is 12.4. The molecule has 0 N–H and O–H groups in total. The predicted molar refractivity (Wildman–Crippen MR) is 91.1 cm³/mol. The van der Waals surface area contributed by atoms with E-state index in [4.69, 9.17) is 0 Å². The minimum absolute atomic E-state index is 0.0634. The van der Waals surface area contributed by atoms with Crippen LogP contribution in [0.2, 0.25) is 0 Å². The van der Waals surface area contributed by atoms with E-state index in [2.05, 4.69) is 31.2 Å². The van der Waals surface area contributed by atoms with Crippen molar-refractivity contribution in [3.63, 3.8) is 0 Å². The van der Waals surface area contributed by atoms with E-state index in [1.54, 1.807) is 0 Å². The van der Waals surface area contributed by atoms with Gasteiger partial charge in [0.2, 0.25) is 0 Å². The van der Waals surface area contributed by atoms with E-state index in [0.717, 1.165) is 23.1 Å². The lowest BCUT2D eigenvalue weighted by Gasteiger charge is -2.05. The summed E-state index contributed by atoms with van der Waals surface area (Å²) in [5.74, 6) is 0.0634. The highest BCUT2D eigenvalue weighted by molar-refractivity contribution is 6.09. The smallest absolute Gasteiger partial charge is 0.193 e. The molecule has 0 aliphatic carbocycles. The Bertz CT molecular complexity index is 753. The standard InChI is InChI=1S/C21H18O/c1-2-16-8-10-17(11-9-16)18-12-14-20(15-13-18)21(22)19-6-4-3-5-7-19/h3-15H,2H2,1H3. The van der Waals surface area contributed by atoms with Gasteiger partial charge in [0.05, 0.1) is 0 Å². The van der Waals surface area contributed by atoms with E-state index in [9.17, 15) is 4.79 Å². The summed E-state index contributed by atoms with van der Waals surface area (Å²) in [5.41, 5.74) is 5.09. The van der Waals surface area contributed by atoms with Gasteiger partial charge in [0.15, 0.2) is 5.78 Å². The Kier molecular flexibility index (Phi) is 4.15. The normalized spacial score (nSPS) is 10.4. The molecule has 0 aliphatic rings. The van der Waals surface area contributed by atoms with Crippen molar-refractivity contribution in [2.75, 3.05) is 0 Å². The molecule has 0 radical (unpaired) electrons. The second-order valence-electron chi connectivity index (χ2n) is 5.32. The van der Waals surface area contributed by atoms with Crippen molar-refractivity contribution in [2.45, 2.75) is 13.3 Å². The molecule has 0 bridgehead atoms. The number of benzene rings is 3. The minimum Gasteiger partial charge on any atom is -0.289 e. The molecule has 0 saturated carbocycles. The van der Waals surface area contributed by atoms with Gasteiger partial charge in [-0.3, -0.25) is 4.79 Å². The highest BCUT2D eigenvalue weighted by Crippen LogP contribution is 2.21. The summed E-state index contributed by atoms with van der Waals surface area (Å²) in [6.07, 6.45) is 1.05. The minimum atomic E-state index is 0.0634. The molecule has 1 heteroatoms. The van der Waals surface area contributed by atoms with Crippen molar-refractivity contribution >= 4 is 5.78 Å². The molecule has 0 aromatic heterocycles. The van der Waals surface area contributed by atoms with Crippen LogP contribution in [-0.4, -0.2) is 5.78 Å². The lowest BCUT2D eigenvalue weighted by molar-refractivity contribution is 0.103. The zero-order chi connectivity index (χ0) is 15.4. The Balaban J connectivity index is 1.84. The van der Waals surface area contributed by atoms with Crippen LogP contribution >= 0.6 is 0 Å². The van der Waals surface area contributed by atoms with Crippen LogP contribution in [0.25, 0.3) is 11.1 Å². The lowest BCUT2D eigenvalue weighted by atomic mass is 9.98. The zero-order valence-corrected chi connectivity index (χ0v) is 12.6. The molecule has 0 amide bonds. The number of ketones is 1. The highest BCUT2D eigenvalue weighted by atomic mass is 16.1. The molecular formula is C21H18O. The van der Waals surface area contributed by atoms with Crippen molar-refractivity contribution in [1.82, 2.24) is 0 Å². The van der Waals surface area contributed by atoms with Crippen LogP contribution in [-0.2, 0) is 6.42 Å². The van der Waals surface area contributed by atoms with Gasteiger partial charge in [-0.05, 0) is 23.1 Å². The van der Waals surface area contributed by atoms with Crippen LogP contribution in [0.15, 0.2) is 78.9 Å². The predicted octanol–water partition coefficient (Wildman–Crippen LogP) is 5.15. The third kappa shape index (κ3) is 2.99. The quantitative estimate of drug-likeness (QED) is 0.606. The third-order valence-corrected chi connectivity index (χ3v) is 3.88. The van der Waals surface area contributed by atoms with Crippen molar-refractivity contribution in [3.05, 3.63) is 95.6 Å². The largest absolute Gasteiger partial charge is 0.289 e. The van der Waals surface area contributed by atoms with Crippen molar-refractivity contribution in [1.29, 1.82) is 0 Å². The maximum atomic E-state index is 12.4. The number of hydrogen-bond donors (Lipinski definition) is 0. The summed E-state index contributed by atoms with van der Waals surface area (Å²) in [6, 6.07) is 25.8. The molecule has 0 spiro atoms. The highest BCUT2D eigenvalue weighted by Gasteiger charge is 2.08. The van der Waals surface area contributed by atoms with E-state index in [1.165, 1.54) is 11.1 Å². The molecule has 0 heterocycles. The van der Waals surface area contributed by atoms with Crippen LogP contribution in [0.5, 0.6) is 0 Å². The fraction of sp³-hybridized carbons (Fsp3) is 0.0952. The van der Waals surface area contributed by atoms with Crippen LogP contribution in [0.3, 0.4) is 0 Å². The molecule has 3 rings (SSSR count). The van der Waals surface area contributed by atoms with Crippen molar-refractivity contribution < 1.29 is 4.79 Å². The molecular weight excluding hydrogens is 268 g/mol. The van der Waals surface area contributed by atoms with E-state index in [-0.39, 0.29) is 5.78 Å². The van der Waals surface area contributed by atoms with Gasteiger partial charge in [0, 0.05) is 11.1 Å². The fourth-order valence-electron chi connectivity index (χ4n) is 2.50. The molecule has 0 atom stereocenters. The number of aryl methyl sites for hydroxylation is 1. The monoisotopic (exact) mass is 286 g/mol. The lowest BCUT2D eigenvalue weighted by Crippen LogP contribution is -2.00. The number of carbonyl (C=O) groups excluding carboxylic acids is 1. The van der Waals surface area contributed by atoms with Gasteiger partial charge < -0.3 is 0 Å². The van der Waals surface area contributed by atoms with Crippen molar-refractivity contribution in [2.24, 2.45) is 0 Å². The van der Waals surface area contributed by atoms with Gasteiger partial charge in [0.25, 0.3) is 0 Å². The molecule has 0 unspecified atom stereocenters. The van der Waals surface area contributed by atoms with E-state index < -0.39 is 0 Å². The van der Waals surface area contributed by atoms with Crippen LogP contribution in [0.4, 0.5) is 0 Å². The molecule has 0 aliphatic heterocycles. The second-order valence-corrected chi connectivity index (χ2v) is 5.32. The first-order chi connectivity index (χ1) is 10.8. The zero-order valence-electron chi connectivity index (χ0n) is 12.6. The summed E-state index contributed by atoms with van der Waals surface area (Å²) in [7, 11) is 0. The Labute approximate surface area is 131 Å². The average molecular weight is 286 g/mol. The first-order valence-corrected chi connectivity index (χ1v) is 7.57. The maximum Gasteiger partial charge on any atom is 0.193 e. The average Bonchev–Trinajstić information content (AvgIpc) is 2.62. The number of rotatable bonds is 4. The Morgan fingerprint density at radius 1 is 0.682 bits per heavy atom. The van der Waals surface area contributed by atoms with Crippen LogP contribution in [0, 0.1) is 0 Å². The van der Waals surface area contributed by atoms with Gasteiger partial charge in [0.1, 0.15) is 0 Å². The molecule has 108 valence electrons. The van der Waals surface area contributed by atoms with Gasteiger partial charge >= 0.3 is 0 Å².